The summed E-state index contributed by atoms with van der Waals surface area (Å²) < 4.78 is 57.8. The molecule has 1 aliphatic rings. The van der Waals surface area contributed by atoms with Crippen LogP contribution < -0.4 is 10.2 Å². The molecule has 1 N–H and O–H groups in total. The van der Waals surface area contributed by atoms with Gasteiger partial charge in [0.25, 0.3) is 0 Å². The Morgan fingerprint density at radius 3 is 2.44 bits per heavy atom. The third-order valence-corrected chi connectivity index (χ3v) is 5.52. The van der Waals surface area contributed by atoms with Crippen molar-refractivity contribution < 1.29 is 22.0 Å². The van der Waals surface area contributed by atoms with E-state index in [1.54, 1.807) is 0 Å². The summed E-state index contributed by atoms with van der Waals surface area (Å²) in [4.78, 5) is 1.99. The van der Waals surface area contributed by atoms with Crippen molar-refractivity contribution in [3.63, 3.8) is 0 Å². The van der Waals surface area contributed by atoms with Crippen LogP contribution in [0.4, 0.5) is 23.2 Å². The minimum atomic E-state index is -4.76. The van der Waals surface area contributed by atoms with Crippen LogP contribution in [0.3, 0.4) is 0 Å². The molecule has 0 atom stereocenters. The molecule has 4 rings (SSSR count). The molecule has 0 radical (unpaired) electrons. The number of allylic oxidation sites excluding steroid dienone is 1. The molecule has 0 saturated carbocycles. The zero-order valence-electron chi connectivity index (χ0n) is 17.2. The molecular weight excluding hydrogens is 424 g/mol. The van der Waals surface area contributed by atoms with E-state index in [4.69, 9.17) is 0 Å². The smallest absolute Gasteiger partial charge is 0.413 e. The highest BCUT2D eigenvalue weighted by Gasteiger charge is 2.38. The van der Waals surface area contributed by atoms with Gasteiger partial charge in [-0.05, 0) is 50.2 Å². The van der Waals surface area contributed by atoms with E-state index in [-0.39, 0.29) is 23.9 Å². The van der Waals surface area contributed by atoms with Gasteiger partial charge in [0, 0.05) is 28.4 Å². The van der Waals surface area contributed by atoms with Crippen molar-refractivity contribution in [2.24, 2.45) is 5.92 Å². The average molecular weight is 446 g/mol. The summed E-state index contributed by atoms with van der Waals surface area (Å²) in [6.07, 6.45) is -2.86. The van der Waals surface area contributed by atoms with Crippen LogP contribution in [0.1, 0.15) is 24.3 Å². The van der Waals surface area contributed by atoms with Gasteiger partial charge in [-0.25, -0.2) is 4.39 Å². The Balaban J connectivity index is 1.59. The minimum Gasteiger partial charge on any atom is -0.413 e. The molecule has 32 heavy (non-hydrogen) atoms. The Morgan fingerprint density at radius 2 is 1.81 bits per heavy atom. The summed E-state index contributed by atoms with van der Waals surface area (Å²) in [6, 6.07) is 13.7. The number of aromatic nitrogens is 2. The lowest BCUT2D eigenvalue weighted by atomic mass is 9.93. The number of benzene rings is 2. The predicted molar refractivity (Wildman–Crippen MR) is 112 cm³/mol. The van der Waals surface area contributed by atoms with E-state index < -0.39 is 17.9 Å². The Kier molecular flexibility index (Phi) is 6.27. The van der Waals surface area contributed by atoms with Crippen molar-refractivity contribution in [2.45, 2.75) is 25.6 Å². The van der Waals surface area contributed by atoms with E-state index in [9.17, 15) is 17.6 Å². The Hall–Kier alpha value is -3.20. The highest BCUT2D eigenvalue weighted by atomic mass is 19.4. The molecule has 168 valence electrons. The number of halogens is 4. The maximum absolute atomic E-state index is 15.0. The van der Waals surface area contributed by atoms with Crippen molar-refractivity contribution in [3.8, 4) is 11.5 Å². The largest absolute Gasteiger partial charge is 0.470 e. The molecule has 9 heteroatoms. The van der Waals surface area contributed by atoms with E-state index in [1.807, 2.05) is 35.2 Å². The Bertz CT molecular complexity index is 1080. The fourth-order valence-electron chi connectivity index (χ4n) is 3.78. The fraction of sp³-hybridized carbons (Fsp3) is 0.304. The first-order chi connectivity index (χ1) is 15.3. The molecular formula is C23H22F4N4O. The van der Waals surface area contributed by atoms with Crippen LogP contribution in [-0.4, -0.2) is 23.3 Å². The van der Waals surface area contributed by atoms with Gasteiger partial charge in [-0.15, -0.1) is 10.2 Å². The first kappa shape index (κ1) is 22.0. The monoisotopic (exact) mass is 446 g/mol. The van der Waals surface area contributed by atoms with Crippen LogP contribution >= 0.6 is 0 Å². The van der Waals surface area contributed by atoms with E-state index in [1.165, 1.54) is 12.1 Å². The number of hydrogen-bond acceptors (Lipinski definition) is 5. The summed E-state index contributed by atoms with van der Waals surface area (Å²) in [5, 5.41) is 9.71. The maximum Gasteiger partial charge on any atom is 0.470 e. The number of alkyl halides is 3. The minimum absolute atomic E-state index is 0.0812. The van der Waals surface area contributed by atoms with Gasteiger partial charge in [-0.1, -0.05) is 30.8 Å². The van der Waals surface area contributed by atoms with Crippen LogP contribution in [0.5, 0.6) is 0 Å². The third kappa shape index (κ3) is 4.83. The molecule has 2 heterocycles. The molecule has 1 saturated heterocycles. The molecule has 1 aliphatic heterocycles. The number of hydrogen-bond donors (Lipinski definition) is 1. The second-order valence-corrected chi connectivity index (χ2v) is 7.65. The van der Waals surface area contributed by atoms with E-state index in [2.05, 4.69) is 26.5 Å². The van der Waals surface area contributed by atoms with Crippen molar-refractivity contribution in [2.75, 3.05) is 18.0 Å². The summed E-state index contributed by atoms with van der Waals surface area (Å²) in [5.41, 5.74) is 2.26. The summed E-state index contributed by atoms with van der Waals surface area (Å²) in [7, 11) is 0. The van der Waals surface area contributed by atoms with E-state index in [0.717, 1.165) is 43.4 Å². The van der Waals surface area contributed by atoms with Crippen LogP contribution in [0.15, 0.2) is 65.2 Å². The first-order valence-corrected chi connectivity index (χ1v) is 10.2. The Labute approximate surface area is 182 Å². The molecule has 0 spiro atoms. The van der Waals surface area contributed by atoms with Gasteiger partial charge >= 0.3 is 12.1 Å². The van der Waals surface area contributed by atoms with Crippen molar-refractivity contribution in [1.29, 1.82) is 0 Å². The normalized spacial score (nSPS) is 15.0. The fourth-order valence-corrected chi connectivity index (χ4v) is 3.78. The summed E-state index contributed by atoms with van der Waals surface area (Å²) in [5.74, 6) is -2.15. The number of para-hydroxylation sites is 1. The highest BCUT2D eigenvalue weighted by Crippen LogP contribution is 2.32. The Morgan fingerprint density at radius 1 is 1.09 bits per heavy atom. The molecule has 0 unspecified atom stereocenters. The summed E-state index contributed by atoms with van der Waals surface area (Å²) in [6.45, 7) is 6.34. The van der Waals surface area contributed by atoms with Gasteiger partial charge in [0.2, 0.25) is 5.89 Å². The van der Waals surface area contributed by atoms with Crippen molar-refractivity contribution >= 4 is 5.69 Å². The standard InChI is InChI=1S/C23H22F4N4O/c1-15(16-9-11-28-12-10-16)31(19-5-3-2-4-6-19)14-18-8-7-17(13-20(18)24)21-29-30-22(32-21)23(25,26)27/h2-8,13,16,28H,1,9-12,14H2. The number of nitrogens with one attached hydrogen (secondary N) is 1. The van der Waals surface area contributed by atoms with Gasteiger partial charge in [-0.2, -0.15) is 13.2 Å². The molecule has 3 aromatic rings. The number of rotatable bonds is 6. The van der Waals surface area contributed by atoms with E-state index in [0.29, 0.717) is 5.56 Å². The molecule has 0 amide bonds. The molecule has 2 aromatic carbocycles. The lowest BCUT2D eigenvalue weighted by Crippen LogP contribution is -2.34. The van der Waals surface area contributed by atoms with E-state index >= 15 is 0 Å². The van der Waals surface area contributed by atoms with Crippen LogP contribution in [0.2, 0.25) is 0 Å². The van der Waals surface area contributed by atoms with Gasteiger partial charge in [0.15, 0.2) is 0 Å². The van der Waals surface area contributed by atoms with Crippen LogP contribution in [0, 0.1) is 11.7 Å². The van der Waals surface area contributed by atoms with Gasteiger partial charge in [0.05, 0.1) is 6.54 Å². The lowest BCUT2D eigenvalue weighted by Gasteiger charge is -2.34. The molecule has 5 nitrogen and oxygen atoms in total. The predicted octanol–water partition coefficient (Wildman–Crippen LogP) is 5.41. The molecule has 1 fully saturated rings. The molecule has 1 aromatic heterocycles. The van der Waals surface area contributed by atoms with Crippen LogP contribution in [-0.2, 0) is 12.7 Å². The van der Waals surface area contributed by atoms with Crippen molar-refractivity contribution in [1.82, 2.24) is 15.5 Å². The first-order valence-electron chi connectivity index (χ1n) is 10.2. The second-order valence-electron chi connectivity index (χ2n) is 7.65. The lowest BCUT2D eigenvalue weighted by molar-refractivity contribution is -0.156. The SMILES string of the molecule is C=C(C1CCNCC1)N(Cc1ccc(-c2nnc(C(F)(F)F)o2)cc1F)c1ccccc1. The number of anilines is 1. The van der Waals surface area contributed by atoms with Crippen molar-refractivity contribution in [3.05, 3.63) is 78.1 Å². The zero-order chi connectivity index (χ0) is 22.7. The molecule has 0 bridgehead atoms. The zero-order valence-corrected chi connectivity index (χ0v) is 17.2. The third-order valence-electron chi connectivity index (χ3n) is 5.52. The maximum atomic E-state index is 15.0. The average Bonchev–Trinajstić information content (AvgIpc) is 3.30. The molecule has 0 aliphatic carbocycles. The highest BCUT2D eigenvalue weighted by molar-refractivity contribution is 5.56. The number of nitrogens with zero attached hydrogens (tertiary/aromatic N) is 3. The number of piperidine rings is 1. The quantitative estimate of drug-likeness (QED) is 0.513. The van der Waals surface area contributed by atoms with Gasteiger partial charge < -0.3 is 14.6 Å². The van der Waals surface area contributed by atoms with Crippen LogP contribution in [0.25, 0.3) is 11.5 Å². The topological polar surface area (TPSA) is 54.2 Å². The van der Waals surface area contributed by atoms with Gasteiger partial charge in [-0.3, -0.25) is 0 Å². The second kappa shape index (κ2) is 9.12. The summed E-state index contributed by atoms with van der Waals surface area (Å²) >= 11 is 0. The van der Waals surface area contributed by atoms with Gasteiger partial charge in [0.1, 0.15) is 5.82 Å².